The van der Waals surface area contributed by atoms with Crippen LogP contribution in [-0.4, -0.2) is 66.4 Å². The fourth-order valence-corrected chi connectivity index (χ4v) is 3.36. The van der Waals surface area contributed by atoms with Gasteiger partial charge in [0.05, 0.1) is 19.5 Å². The topological polar surface area (TPSA) is 149 Å². The standard InChI is InChI=1S/C19H23N5O5/c1-10(11-5-3-2-4-6-11)8-28-19-22-16(20)13-17(23-19)24(9-21-13)18-15(27)14(26)12(7-25)29-18/h2-6,9-10,12,14-15,18,25-27H,7-8H2,1H3,(H2,20,22,23)/t10?,12-,14-,15-,18-/m1/s1. The molecule has 1 aliphatic heterocycles. The van der Waals surface area contributed by atoms with Gasteiger partial charge in [0.2, 0.25) is 0 Å². The Bertz CT molecular complexity index is 982. The van der Waals surface area contributed by atoms with Gasteiger partial charge in [-0.15, -0.1) is 0 Å². The van der Waals surface area contributed by atoms with Crippen LogP contribution in [0.2, 0.25) is 0 Å². The van der Waals surface area contributed by atoms with Crippen molar-refractivity contribution in [1.82, 2.24) is 19.5 Å². The fraction of sp³-hybridized carbons (Fsp3) is 0.421. The zero-order chi connectivity index (χ0) is 20.5. The van der Waals surface area contributed by atoms with Gasteiger partial charge >= 0.3 is 6.01 Å². The van der Waals surface area contributed by atoms with Gasteiger partial charge < -0.3 is 30.5 Å². The minimum absolute atomic E-state index is 0.0753. The molecule has 10 heteroatoms. The van der Waals surface area contributed by atoms with Crippen molar-refractivity contribution in [3.8, 4) is 6.01 Å². The van der Waals surface area contributed by atoms with Crippen LogP contribution in [0.4, 0.5) is 5.82 Å². The van der Waals surface area contributed by atoms with Crippen molar-refractivity contribution in [2.24, 2.45) is 0 Å². The Morgan fingerprint density at radius 3 is 2.66 bits per heavy atom. The van der Waals surface area contributed by atoms with Gasteiger partial charge in [-0.1, -0.05) is 37.3 Å². The minimum atomic E-state index is -1.26. The zero-order valence-corrected chi connectivity index (χ0v) is 15.8. The van der Waals surface area contributed by atoms with Crippen LogP contribution in [0.25, 0.3) is 11.2 Å². The lowest BCUT2D eigenvalue weighted by Crippen LogP contribution is -2.33. The van der Waals surface area contributed by atoms with Gasteiger partial charge in [-0.2, -0.15) is 9.97 Å². The Morgan fingerprint density at radius 2 is 1.97 bits per heavy atom. The number of ether oxygens (including phenoxy) is 2. The molecule has 0 saturated carbocycles. The number of benzene rings is 1. The Kier molecular flexibility index (Phi) is 5.33. The van der Waals surface area contributed by atoms with Crippen LogP contribution >= 0.6 is 0 Å². The number of hydrogen-bond donors (Lipinski definition) is 4. The second-order valence-corrected chi connectivity index (χ2v) is 7.07. The molecule has 5 atom stereocenters. The Labute approximate surface area is 166 Å². The quantitative estimate of drug-likeness (QED) is 0.454. The van der Waals surface area contributed by atoms with Gasteiger partial charge in [0.25, 0.3) is 0 Å². The number of nitrogen functional groups attached to an aromatic ring is 1. The Balaban J connectivity index is 1.59. The van der Waals surface area contributed by atoms with Crippen molar-refractivity contribution in [2.45, 2.75) is 37.4 Å². The second kappa shape index (κ2) is 7.91. The van der Waals surface area contributed by atoms with E-state index in [2.05, 4.69) is 15.0 Å². The average molecular weight is 401 g/mol. The van der Waals surface area contributed by atoms with Crippen molar-refractivity contribution < 1.29 is 24.8 Å². The second-order valence-electron chi connectivity index (χ2n) is 7.07. The number of aliphatic hydroxyl groups excluding tert-OH is 3. The van der Waals surface area contributed by atoms with Gasteiger partial charge in [-0.05, 0) is 5.56 Å². The molecule has 0 aliphatic carbocycles. The maximum absolute atomic E-state index is 10.3. The molecule has 0 radical (unpaired) electrons. The van der Waals surface area contributed by atoms with Crippen LogP contribution in [-0.2, 0) is 4.74 Å². The van der Waals surface area contributed by atoms with Crippen LogP contribution in [0.15, 0.2) is 36.7 Å². The number of aromatic nitrogens is 4. The lowest BCUT2D eigenvalue weighted by atomic mass is 10.0. The SMILES string of the molecule is CC(COc1nc(N)c2ncn([C@@H]3O[C@H](CO)[C@@H](O)[C@H]3O)c2n1)c1ccccc1. The summed E-state index contributed by atoms with van der Waals surface area (Å²) in [4.78, 5) is 12.7. The maximum Gasteiger partial charge on any atom is 0.320 e. The van der Waals surface area contributed by atoms with Gasteiger partial charge in [0.1, 0.15) is 18.3 Å². The largest absolute Gasteiger partial charge is 0.463 e. The summed E-state index contributed by atoms with van der Waals surface area (Å²) < 4.78 is 12.8. The molecule has 4 rings (SSSR count). The number of imidazole rings is 1. The molecular formula is C19H23N5O5. The molecule has 1 fully saturated rings. The van der Waals surface area contributed by atoms with E-state index < -0.39 is 31.1 Å². The molecule has 154 valence electrons. The number of nitrogens with two attached hydrogens (primary N) is 1. The van der Waals surface area contributed by atoms with E-state index in [9.17, 15) is 15.3 Å². The van der Waals surface area contributed by atoms with Crippen LogP contribution in [0.3, 0.4) is 0 Å². The summed E-state index contributed by atoms with van der Waals surface area (Å²) in [5.74, 6) is 0.241. The first-order valence-corrected chi connectivity index (χ1v) is 9.29. The number of anilines is 1. The molecule has 1 aromatic carbocycles. The summed E-state index contributed by atoms with van der Waals surface area (Å²) in [6.45, 7) is 1.95. The van der Waals surface area contributed by atoms with E-state index in [0.29, 0.717) is 17.8 Å². The first-order chi connectivity index (χ1) is 14.0. The van der Waals surface area contributed by atoms with Crippen molar-refractivity contribution in [1.29, 1.82) is 0 Å². The highest BCUT2D eigenvalue weighted by Gasteiger charge is 2.44. The molecule has 5 N–H and O–H groups in total. The van der Waals surface area contributed by atoms with Gasteiger partial charge in [-0.3, -0.25) is 4.57 Å². The van der Waals surface area contributed by atoms with E-state index in [-0.39, 0.29) is 17.7 Å². The summed E-state index contributed by atoms with van der Waals surface area (Å²) in [5.41, 5.74) is 7.75. The van der Waals surface area contributed by atoms with Crippen LogP contribution < -0.4 is 10.5 Å². The van der Waals surface area contributed by atoms with E-state index in [4.69, 9.17) is 15.2 Å². The summed E-state index contributed by atoms with van der Waals surface area (Å²) in [6, 6.07) is 9.99. The number of hydrogen-bond acceptors (Lipinski definition) is 9. The number of nitrogens with zero attached hydrogens (tertiary/aromatic N) is 4. The highest BCUT2D eigenvalue weighted by molar-refractivity contribution is 5.82. The van der Waals surface area contributed by atoms with E-state index in [1.165, 1.54) is 10.9 Å². The summed E-state index contributed by atoms with van der Waals surface area (Å²) >= 11 is 0. The number of rotatable bonds is 6. The minimum Gasteiger partial charge on any atom is -0.463 e. The molecule has 1 saturated heterocycles. The van der Waals surface area contributed by atoms with Crippen molar-refractivity contribution in [2.75, 3.05) is 18.9 Å². The van der Waals surface area contributed by atoms with Crippen molar-refractivity contribution in [3.63, 3.8) is 0 Å². The molecule has 3 aromatic rings. The predicted molar refractivity (Wildman–Crippen MR) is 103 cm³/mol. The number of aliphatic hydroxyl groups is 3. The summed E-state index contributed by atoms with van der Waals surface area (Å²) in [6.07, 6.45) is -2.98. The highest BCUT2D eigenvalue weighted by Crippen LogP contribution is 2.32. The van der Waals surface area contributed by atoms with Crippen LogP contribution in [0.1, 0.15) is 24.6 Å². The smallest absolute Gasteiger partial charge is 0.320 e. The highest BCUT2D eigenvalue weighted by atomic mass is 16.6. The van der Waals surface area contributed by atoms with E-state index in [1.807, 2.05) is 37.3 Å². The van der Waals surface area contributed by atoms with Crippen LogP contribution in [0, 0.1) is 0 Å². The summed E-state index contributed by atoms with van der Waals surface area (Å²) in [7, 11) is 0. The maximum atomic E-state index is 10.3. The van der Waals surface area contributed by atoms with Gasteiger partial charge in [0.15, 0.2) is 23.2 Å². The molecule has 1 unspecified atom stereocenters. The van der Waals surface area contributed by atoms with E-state index >= 15 is 0 Å². The first kappa shape index (κ1) is 19.5. The van der Waals surface area contributed by atoms with Gasteiger partial charge in [-0.25, -0.2) is 4.98 Å². The normalized spacial score (nSPS) is 25.4. The third-order valence-corrected chi connectivity index (χ3v) is 5.05. The van der Waals surface area contributed by atoms with E-state index in [0.717, 1.165) is 5.56 Å². The number of fused-ring (bicyclic) bond motifs is 1. The molecule has 0 bridgehead atoms. The molecule has 3 heterocycles. The Morgan fingerprint density at radius 1 is 1.21 bits per heavy atom. The average Bonchev–Trinajstić information content (AvgIpc) is 3.28. The predicted octanol–water partition coefficient (Wildman–Crippen LogP) is 0.203. The zero-order valence-electron chi connectivity index (χ0n) is 15.8. The third-order valence-electron chi connectivity index (χ3n) is 5.05. The van der Waals surface area contributed by atoms with Gasteiger partial charge in [0, 0.05) is 5.92 Å². The van der Waals surface area contributed by atoms with Crippen molar-refractivity contribution in [3.05, 3.63) is 42.2 Å². The van der Waals surface area contributed by atoms with Crippen molar-refractivity contribution >= 4 is 17.0 Å². The van der Waals surface area contributed by atoms with E-state index in [1.54, 1.807) is 0 Å². The Hall–Kier alpha value is -2.79. The summed E-state index contributed by atoms with van der Waals surface area (Å²) in [5, 5.41) is 29.6. The molecule has 0 amide bonds. The third kappa shape index (κ3) is 3.62. The molecule has 10 nitrogen and oxygen atoms in total. The molecule has 1 aliphatic rings. The molecule has 2 aromatic heterocycles. The van der Waals surface area contributed by atoms with Crippen LogP contribution in [0.5, 0.6) is 6.01 Å². The molecule has 29 heavy (non-hydrogen) atoms. The monoisotopic (exact) mass is 401 g/mol. The molecular weight excluding hydrogens is 378 g/mol. The lowest BCUT2D eigenvalue weighted by molar-refractivity contribution is -0.0511. The lowest BCUT2D eigenvalue weighted by Gasteiger charge is -2.17. The molecule has 0 spiro atoms. The first-order valence-electron chi connectivity index (χ1n) is 9.29. The fourth-order valence-electron chi connectivity index (χ4n) is 3.36.